The van der Waals surface area contributed by atoms with Crippen LogP contribution in [0.2, 0.25) is 0 Å². The molecule has 1 saturated carbocycles. The number of hydrogen-bond acceptors (Lipinski definition) is 4. The van der Waals surface area contributed by atoms with Crippen LogP contribution in [0.15, 0.2) is 24.3 Å². The molecule has 1 amide bonds. The highest BCUT2D eigenvalue weighted by atomic mass is 16.5. The van der Waals surface area contributed by atoms with Crippen LogP contribution in [0, 0.1) is 5.92 Å². The highest BCUT2D eigenvalue weighted by molar-refractivity contribution is 5.88. The normalized spacial score (nSPS) is 15.7. The molecule has 0 saturated heterocycles. The van der Waals surface area contributed by atoms with Crippen molar-refractivity contribution in [2.45, 2.75) is 32.4 Å². The van der Waals surface area contributed by atoms with Crippen LogP contribution in [0.3, 0.4) is 0 Å². The maximum Gasteiger partial charge on any atom is 0.221 e. The first-order valence-corrected chi connectivity index (χ1v) is 7.46. The third kappa shape index (κ3) is 6.71. The Morgan fingerprint density at radius 2 is 2.10 bits per heavy atom. The molecule has 0 aromatic heterocycles. The molecule has 1 aromatic carbocycles. The maximum absolute atomic E-state index is 10.9. The fraction of sp³-hybridized carbons (Fsp3) is 0.562. The standard InChI is InChI=1S/C16H24N2O3/c1-12(19)18-15-6-4-13(5-7-15)8-17-9-16(20)11-21-10-14-2-3-14/h4-7,14,16-17,20H,2-3,8-11H2,1H3,(H,18,19)/t16-/m1/s1. The van der Waals surface area contributed by atoms with E-state index in [0.29, 0.717) is 19.7 Å². The molecule has 0 spiro atoms. The number of aliphatic hydroxyl groups is 1. The highest BCUT2D eigenvalue weighted by Gasteiger charge is 2.21. The predicted octanol–water partition coefficient (Wildman–Crippen LogP) is 1.52. The monoisotopic (exact) mass is 292 g/mol. The molecule has 5 nitrogen and oxygen atoms in total. The lowest BCUT2D eigenvalue weighted by Gasteiger charge is -2.12. The second-order valence-corrected chi connectivity index (χ2v) is 5.64. The number of rotatable bonds is 9. The van der Waals surface area contributed by atoms with Crippen molar-refractivity contribution in [1.29, 1.82) is 0 Å². The molecule has 0 heterocycles. The van der Waals surface area contributed by atoms with Gasteiger partial charge < -0.3 is 20.5 Å². The number of benzene rings is 1. The zero-order valence-corrected chi connectivity index (χ0v) is 12.5. The molecule has 1 aromatic rings. The summed E-state index contributed by atoms with van der Waals surface area (Å²) in [4.78, 5) is 10.9. The zero-order chi connectivity index (χ0) is 15.1. The summed E-state index contributed by atoms with van der Waals surface area (Å²) in [5, 5.41) is 15.7. The SMILES string of the molecule is CC(=O)Nc1ccc(CNC[C@@H](O)COCC2CC2)cc1. The summed E-state index contributed by atoms with van der Waals surface area (Å²) in [5.41, 5.74) is 1.90. The lowest BCUT2D eigenvalue weighted by Crippen LogP contribution is -2.30. The molecule has 0 aliphatic heterocycles. The van der Waals surface area contributed by atoms with Crippen LogP contribution in [-0.2, 0) is 16.1 Å². The van der Waals surface area contributed by atoms with E-state index in [1.165, 1.54) is 19.8 Å². The van der Waals surface area contributed by atoms with Gasteiger partial charge in [0.15, 0.2) is 0 Å². The third-order valence-corrected chi connectivity index (χ3v) is 3.34. The van der Waals surface area contributed by atoms with Gasteiger partial charge in [0.2, 0.25) is 5.91 Å². The van der Waals surface area contributed by atoms with Gasteiger partial charge in [-0.15, -0.1) is 0 Å². The Balaban J connectivity index is 1.59. The summed E-state index contributed by atoms with van der Waals surface area (Å²) >= 11 is 0. The second-order valence-electron chi connectivity index (χ2n) is 5.64. The Kier molecular flexibility index (Phi) is 6.17. The molecule has 116 valence electrons. The second kappa shape index (κ2) is 8.12. The van der Waals surface area contributed by atoms with Gasteiger partial charge in [-0.05, 0) is 36.5 Å². The van der Waals surface area contributed by atoms with Crippen LogP contribution in [0.5, 0.6) is 0 Å². The molecule has 1 atom stereocenters. The van der Waals surface area contributed by atoms with Crippen molar-refractivity contribution in [1.82, 2.24) is 5.32 Å². The summed E-state index contributed by atoms with van der Waals surface area (Å²) in [6.07, 6.45) is 2.06. The van der Waals surface area contributed by atoms with E-state index in [9.17, 15) is 9.90 Å². The molecule has 5 heteroatoms. The summed E-state index contributed by atoms with van der Waals surface area (Å²) in [6, 6.07) is 7.64. The van der Waals surface area contributed by atoms with Gasteiger partial charge in [0.05, 0.1) is 12.7 Å². The molecular formula is C16H24N2O3. The average Bonchev–Trinajstić information content (AvgIpc) is 3.24. The van der Waals surface area contributed by atoms with E-state index in [0.717, 1.165) is 23.8 Å². The fourth-order valence-electron chi connectivity index (χ4n) is 2.01. The molecule has 21 heavy (non-hydrogen) atoms. The first-order valence-electron chi connectivity index (χ1n) is 7.46. The van der Waals surface area contributed by atoms with E-state index in [4.69, 9.17) is 4.74 Å². The van der Waals surface area contributed by atoms with Gasteiger partial charge in [-0.3, -0.25) is 4.79 Å². The fourth-order valence-corrected chi connectivity index (χ4v) is 2.01. The summed E-state index contributed by atoms with van der Waals surface area (Å²) in [5.74, 6) is 0.655. The van der Waals surface area contributed by atoms with Crippen LogP contribution in [0.1, 0.15) is 25.3 Å². The summed E-state index contributed by atoms with van der Waals surface area (Å²) in [6.45, 7) is 3.85. The van der Waals surface area contributed by atoms with E-state index in [1.807, 2.05) is 24.3 Å². The highest BCUT2D eigenvalue weighted by Crippen LogP contribution is 2.28. The maximum atomic E-state index is 10.9. The average molecular weight is 292 g/mol. The van der Waals surface area contributed by atoms with E-state index in [2.05, 4.69) is 10.6 Å². The van der Waals surface area contributed by atoms with Gasteiger partial charge in [0.1, 0.15) is 0 Å². The lowest BCUT2D eigenvalue weighted by molar-refractivity contribution is -0.114. The van der Waals surface area contributed by atoms with Crippen molar-refractivity contribution < 1.29 is 14.6 Å². The van der Waals surface area contributed by atoms with Crippen LogP contribution in [0.25, 0.3) is 0 Å². The number of carbonyl (C=O) groups is 1. The third-order valence-electron chi connectivity index (χ3n) is 3.34. The number of carbonyl (C=O) groups excluding carboxylic acids is 1. The molecule has 0 radical (unpaired) electrons. The Labute approximate surface area is 125 Å². The first kappa shape index (κ1) is 15.9. The zero-order valence-electron chi connectivity index (χ0n) is 12.5. The molecule has 1 aliphatic rings. The largest absolute Gasteiger partial charge is 0.389 e. The van der Waals surface area contributed by atoms with Crippen LogP contribution < -0.4 is 10.6 Å². The number of nitrogens with one attached hydrogen (secondary N) is 2. The van der Waals surface area contributed by atoms with Gasteiger partial charge in [-0.2, -0.15) is 0 Å². The number of aliphatic hydroxyl groups excluding tert-OH is 1. The molecule has 1 aliphatic carbocycles. The number of anilines is 1. The molecule has 2 rings (SSSR count). The lowest BCUT2D eigenvalue weighted by atomic mass is 10.2. The quantitative estimate of drug-likeness (QED) is 0.645. The van der Waals surface area contributed by atoms with Crippen molar-refractivity contribution in [2.24, 2.45) is 5.92 Å². The molecule has 0 bridgehead atoms. The first-order chi connectivity index (χ1) is 10.1. The molecule has 0 unspecified atom stereocenters. The van der Waals surface area contributed by atoms with Crippen molar-refractivity contribution >= 4 is 11.6 Å². The van der Waals surface area contributed by atoms with Gasteiger partial charge in [0, 0.05) is 32.3 Å². The Hall–Kier alpha value is -1.43. The van der Waals surface area contributed by atoms with Crippen molar-refractivity contribution in [3.8, 4) is 0 Å². The minimum absolute atomic E-state index is 0.0739. The minimum Gasteiger partial charge on any atom is -0.389 e. The topological polar surface area (TPSA) is 70.6 Å². The van der Waals surface area contributed by atoms with E-state index in [1.54, 1.807) is 0 Å². The van der Waals surface area contributed by atoms with Gasteiger partial charge in [-0.1, -0.05) is 12.1 Å². The minimum atomic E-state index is -0.470. The van der Waals surface area contributed by atoms with E-state index in [-0.39, 0.29) is 5.91 Å². The van der Waals surface area contributed by atoms with E-state index < -0.39 is 6.10 Å². The van der Waals surface area contributed by atoms with Crippen LogP contribution in [-0.4, -0.2) is 36.9 Å². The Morgan fingerprint density at radius 1 is 1.38 bits per heavy atom. The summed E-state index contributed by atoms with van der Waals surface area (Å²) in [7, 11) is 0. The van der Waals surface area contributed by atoms with Crippen LogP contribution >= 0.6 is 0 Å². The Morgan fingerprint density at radius 3 is 2.71 bits per heavy atom. The van der Waals surface area contributed by atoms with E-state index >= 15 is 0 Å². The predicted molar refractivity (Wildman–Crippen MR) is 82.0 cm³/mol. The van der Waals surface area contributed by atoms with Gasteiger partial charge in [-0.25, -0.2) is 0 Å². The number of ether oxygens (including phenoxy) is 1. The number of amides is 1. The number of hydrogen-bond donors (Lipinski definition) is 3. The van der Waals surface area contributed by atoms with Gasteiger partial charge >= 0.3 is 0 Å². The Bertz CT molecular complexity index is 443. The van der Waals surface area contributed by atoms with Gasteiger partial charge in [0.25, 0.3) is 0 Å². The summed E-state index contributed by atoms with van der Waals surface area (Å²) < 4.78 is 5.44. The van der Waals surface area contributed by atoms with Crippen molar-refractivity contribution in [3.63, 3.8) is 0 Å². The smallest absolute Gasteiger partial charge is 0.221 e. The molecule has 3 N–H and O–H groups in total. The molecule has 1 fully saturated rings. The van der Waals surface area contributed by atoms with Crippen LogP contribution in [0.4, 0.5) is 5.69 Å². The van der Waals surface area contributed by atoms with Crippen molar-refractivity contribution in [2.75, 3.05) is 25.1 Å². The van der Waals surface area contributed by atoms with Crippen molar-refractivity contribution in [3.05, 3.63) is 29.8 Å². The molecular weight excluding hydrogens is 268 g/mol.